The van der Waals surface area contributed by atoms with E-state index in [1.54, 1.807) is 6.07 Å². The summed E-state index contributed by atoms with van der Waals surface area (Å²) < 4.78 is 68.9. The minimum Gasteiger partial charge on any atom is -0.485 e. The van der Waals surface area contributed by atoms with Crippen LogP contribution in [-0.4, -0.2) is 30.2 Å². The van der Waals surface area contributed by atoms with Crippen molar-refractivity contribution in [3.8, 4) is 5.75 Å². The molecule has 9 heteroatoms. The van der Waals surface area contributed by atoms with Crippen molar-refractivity contribution in [2.45, 2.75) is 25.4 Å². The van der Waals surface area contributed by atoms with Gasteiger partial charge in [-0.1, -0.05) is 30.3 Å². The molecule has 1 aromatic heterocycles. The number of halogens is 5. The Balaban J connectivity index is 1.81. The van der Waals surface area contributed by atoms with Crippen LogP contribution in [0.1, 0.15) is 11.1 Å². The Labute approximate surface area is 167 Å². The van der Waals surface area contributed by atoms with Crippen LogP contribution in [-0.2, 0) is 6.42 Å². The highest BCUT2D eigenvalue weighted by atomic mass is 19.4. The highest BCUT2D eigenvalue weighted by Gasteiger charge is 2.58. The first-order chi connectivity index (χ1) is 14.1. The minimum atomic E-state index is -5.73. The minimum absolute atomic E-state index is 0.0831. The molecule has 4 rings (SSSR count). The van der Waals surface area contributed by atoms with Gasteiger partial charge in [-0.15, -0.1) is 0 Å². The number of alkyl halides is 5. The number of fused-ring (bicyclic) bond motifs is 3. The molecule has 1 N–H and O–H groups in total. The number of aromatic nitrogens is 1. The van der Waals surface area contributed by atoms with E-state index in [2.05, 4.69) is 4.98 Å². The first-order valence-corrected chi connectivity index (χ1v) is 9.18. The lowest BCUT2D eigenvalue weighted by Crippen LogP contribution is -2.41. The Morgan fingerprint density at radius 2 is 1.80 bits per heavy atom. The molecule has 2 heterocycles. The van der Waals surface area contributed by atoms with Crippen LogP contribution in [0.4, 0.5) is 33.3 Å². The van der Waals surface area contributed by atoms with E-state index in [0.717, 1.165) is 11.3 Å². The fraction of sp³-hybridized carbons (Fsp3) is 0.286. The molecule has 0 amide bonds. The number of nitrogens with zero attached hydrogens (tertiary/aromatic N) is 1. The first-order valence-electron chi connectivity index (χ1n) is 9.18. The number of nitrogens with one attached hydrogen (secondary N) is 1. The van der Waals surface area contributed by atoms with Crippen LogP contribution in [0.15, 0.2) is 47.3 Å². The average Bonchev–Trinajstić information content (AvgIpc) is 3.12. The van der Waals surface area contributed by atoms with Crippen LogP contribution >= 0.6 is 0 Å². The Hall–Kier alpha value is -3.10. The van der Waals surface area contributed by atoms with E-state index in [4.69, 9.17) is 4.74 Å². The van der Waals surface area contributed by atoms with Crippen molar-refractivity contribution in [1.82, 2.24) is 4.98 Å². The zero-order chi connectivity index (χ0) is 21.7. The molecule has 4 nitrogen and oxygen atoms in total. The van der Waals surface area contributed by atoms with Crippen molar-refractivity contribution in [2.24, 2.45) is 0 Å². The molecule has 0 bridgehead atoms. The van der Waals surface area contributed by atoms with Crippen LogP contribution in [0.25, 0.3) is 10.9 Å². The van der Waals surface area contributed by atoms with Gasteiger partial charge in [0.25, 0.3) is 5.56 Å². The van der Waals surface area contributed by atoms with Gasteiger partial charge in [-0.25, -0.2) is 0 Å². The largest absolute Gasteiger partial charge is 0.485 e. The van der Waals surface area contributed by atoms with Crippen LogP contribution in [0.3, 0.4) is 0 Å². The van der Waals surface area contributed by atoms with Gasteiger partial charge in [0.1, 0.15) is 5.75 Å². The number of H-pyrrole nitrogens is 1. The molecular formula is C21H17F5N2O2. The third-order valence-corrected chi connectivity index (χ3v) is 5.17. The second-order valence-electron chi connectivity index (χ2n) is 7.14. The average molecular weight is 424 g/mol. The monoisotopic (exact) mass is 424 g/mol. The van der Waals surface area contributed by atoms with E-state index in [-0.39, 0.29) is 11.3 Å². The van der Waals surface area contributed by atoms with Gasteiger partial charge in [0, 0.05) is 23.2 Å². The Morgan fingerprint density at radius 3 is 2.50 bits per heavy atom. The van der Waals surface area contributed by atoms with Gasteiger partial charge in [-0.05, 0) is 31.0 Å². The van der Waals surface area contributed by atoms with Crippen molar-refractivity contribution in [3.05, 3.63) is 63.9 Å². The highest BCUT2D eigenvalue weighted by molar-refractivity contribution is 5.99. The number of pyridine rings is 1. The number of aromatic amines is 1. The van der Waals surface area contributed by atoms with Gasteiger partial charge >= 0.3 is 12.1 Å². The number of hydrogen-bond donors (Lipinski definition) is 1. The maximum Gasteiger partial charge on any atom is 0.456 e. The number of para-hydroxylation sites is 2. The third kappa shape index (κ3) is 3.28. The van der Waals surface area contributed by atoms with E-state index < -0.39 is 24.3 Å². The first kappa shape index (κ1) is 20.2. The Morgan fingerprint density at radius 1 is 1.07 bits per heavy atom. The topological polar surface area (TPSA) is 45.3 Å². The van der Waals surface area contributed by atoms with Crippen LogP contribution in [0, 0.1) is 6.92 Å². The van der Waals surface area contributed by atoms with Gasteiger partial charge in [-0.2, -0.15) is 22.0 Å². The summed E-state index contributed by atoms with van der Waals surface area (Å²) in [5, 5.41) is 0.512. The second-order valence-corrected chi connectivity index (χ2v) is 7.14. The van der Waals surface area contributed by atoms with Crippen molar-refractivity contribution < 1.29 is 26.7 Å². The molecule has 0 fully saturated rings. The molecular weight excluding hydrogens is 407 g/mol. The Kier molecular flexibility index (Phi) is 4.71. The molecule has 0 atom stereocenters. The van der Waals surface area contributed by atoms with Crippen molar-refractivity contribution in [3.63, 3.8) is 0 Å². The van der Waals surface area contributed by atoms with Crippen molar-refractivity contribution >= 4 is 22.3 Å². The predicted octanol–water partition coefficient (Wildman–Crippen LogP) is 5.11. The summed E-state index contributed by atoms with van der Waals surface area (Å²) in [5.74, 6) is -5.26. The molecule has 1 aliphatic rings. The number of hydrogen-bond acceptors (Lipinski definition) is 3. The van der Waals surface area contributed by atoms with E-state index in [1.165, 1.54) is 12.1 Å². The van der Waals surface area contributed by atoms with Crippen LogP contribution < -0.4 is 15.2 Å². The molecule has 158 valence electrons. The zero-order valence-electron chi connectivity index (χ0n) is 15.8. The second kappa shape index (κ2) is 7.00. The molecule has 0 unspecified atom stereocenters. The van der Waals surface area contributed by atoms with Crippen molar-refractivity contribution in [2.75, 3.05) is 18.1 Å². The lowest BCUT2D eigenvalue weighted by molar-refractivity contribution is -0.289. The number of aryl methyl sites for hydroxylation is 1. The molecule has 0 saturated heterocycles. The lowest BCUT2D eigenvalue weighted by Gasteiger charge is -2.24. The van der Waals surface area contributed by atoms with Gasteiger partial charge in [0.2, 0.25) is 0 Å². The van der Waals surface area contributed by atoms with E-state index in [1.807, 2.05) is 36.1 Å². The van der Waals surface area contributed by atoms with Gasteiger partial charge in [0.15, 0.2) is 6.61 Å². The zero-order valence-corrected chi connectivity index (χ0v) is 15.8. The van der Waals surface area contributed by atoms with Gasteiger partial charge in [-0.3, -0.25) is 4.79 Å². The molecule has 2 aromatic carbocycles. The van der Waals surface area contributed by atoms with E-state index >= 15 is 0 Å². The van der Waals surface area contributed by atoms with Crippen molar-refractivity contribution in [1.29, 1.82) is 0 Å². The molecule has 0 aliphatic carbocycles. The molecule has 0 saturated carbocycles. The number of benzene rings is 2. The normalized spacial score (nSPS) is 14.3. The summed E-state index contributed by atoms with van der Waals surface area (Å²) in [7, 11) is 0. The fourth-order valence-electron chi connectivity index (χ4n) is 3.67. The summed E-state index contributed by atoms with van der Waals surface area (Å²) in [6.07, 6.45) is -5.25. The smallest absolute Gasteiger partial charge is 0.456 e. The van der Waals surface area contributed by atoms with Crippen LogP contribution in [0.5, 0.6) is 5.75 Å². The third-order valence-electron chi connectivity index (χ3n) is 5.17. The highest BCUT2D eigenvalue weighted by Crippen LogP contribution is 2.41. The molecule has 3 aromatic rings. The SMILES string of the molecule is Cc1ccccc1N1CCc2c1c1cccc(OCC(F)(F)C(F)(F)F)c1[nH]c2=O. The molecule has 0 spiro atoms. The van der Waals surface area contributed by atoms with E-state index in [0.29, 0.717) is 29.6 Å². The van der Waals surface area contributed by atoms with Gasteiger partial charge < -0.3 is 14.6 Å². The van der Waals surface area contributed by atoms with Crippen LogP contribution in [0.2, 0.25) is 0 Å². The molecule has 30 heavy (non-hydrogen) atoms. The van der Waals surface area contributed by atoms with Gasteiger partial charge in [0.05, 0.1) is 11.2 Å². The quantitative estimate of drug-likeness (QED) is 0.593. The number of ether oxygens (including phenoxy) is 1. The molecule has 1 aliphatic heterocycles. The molecule has 0 radical (unpaired) electrons. The summed E-state index contributed by atoms with van der Waals surface area (Å²) in [4.78, 5) is 17.2. The summed E-state index contributed by atoms with van der Waals surface area (Å²) in [5.41, 5.74) is 2.67. The maximum atomic E-state index is 13.3. The summed E-state index contributed by atoms with van der Waals surface area (Å²) >= 11 is 0. The maximum absolute atomic E-state index is 13.3. The fourth-order valence-corrected chi connectivity index (χ4v) is 3.67. The predicted molar refractivity (Wildman–Crippen MR) is 103 cm³/mol. The standard InChI is InChI=1S/C21H17F5N2O2/c1-12-5-2-3-7-15(12)28-10-9-14-18(28)13-6-4-8-16(17(13)27-19(14)29)30-11-20(22,23)21(24,25)26/h2-8H,9-11H2,1H3,(H,27,29). The number of anilines is 2. The summed E-state index contributed by atoms with van der Waals surface area (Å²) in [6.45, 7) is 0.590. The Bertz CT molecular complexity index is 1170. The summed E-state index contributed by atoms with van der Waals surface area (Å²) in [6, 6.07) is 12.0. The van der Waals surface area contributed by atoms with E-state index in [9.17, 15) is 26.7 Å². The number of rotatable bonds is 4. The lowest BCUT2D eigenvalue weighted by atomic mass is 10.1.